The predicted molar refractivity (Wildman–Crippen MR) is 49.2 cm³/mol. The maximum absolute atomic E-state index is 10.1. The maximum atomic E-state index is 10.1. The van der Waals surface area contributed by atoms with Crippen molar-refractivity contribution in [1.82, 2.24) is 0 Å². The molecule has 0 aromatic carbocycles. The van der Waals surface area contributed by atoms with Gasteiger partial charge in [-0.15, -0.1) is 0 Å². The molecule has 0 aromatic heterocycles. The molecular formula is C9H11NO2. The zero-order chi connectivity index (χ0) is 9.40. The van der Waals surface area contributed by atoms with E-state index < -0.39 is 5.97 Å². The van der Waals surface area contributed by atoms with Gasteiger partial charge in [-0.1, -0.05) is 12.7 Å². The van der Waals surface area contributed by atoms with E-state index in [4.69, 9.17) is 5.11 Å². The monoisotopic (exact) mass is 165 g/mol. The van der Waals surface area contributed by atoms with E-state index in [0.29, 0.717) is 5.70 Å². The zero-order valence-electron chi connectivity index (χ0n) is 6.90. The van der Waals surface area contributed by atoms with Crippen molar-refractivity contribution in [3.05, 3.63) is 36.6 Å². The normalized spacial score (nSPS) is 12.6. The van der Waals surface area contributed by atoms with Gasteiger partial charge in [-0.25, -0.2) is 4.79 Å². The summed E-state index contributed by atoms with van der Waals surface area (Å²) in [4.78, 5) is 14.0. The van der Waals surface area contributed by atoms with Crippen LogP contribution in [0.25, 0.3) is 0 Å². The molecule has 0 heterocycles. The van der Waals surface area contributed by atoms with Gasteiger partial charge in [0, 0.05) is 12.3 Å². The molecule has 1 N–H and O–H groups in total. The van der Waals surface area contributed by atoms with Crippen LogP contribution in [0.3, 0.4) is 0 Å². The number of carboxylic acids is 1. The van der Waals surface area contributed by atoms with E-state index in [1.165, 1.54) is 6.08 Å². The Morgan fingerprint density at radius 3 is 2.58 bits per heavy atom. The minimum Gasteiger partial charge on any atom is -0.478 e. The second-order valence-corrected chi connectivity index (χ2v) is 1.89. The Kier molecular flexibility index (Phi) is 5.26. The highest BCUT2D eigenvalue weighted by molar-refractivity contribution is 5.80. The van der Waals surface area contributed by atoms with Crippen LogP contribution < -0.4 is 0 Å². The van der Waals surface area contributed by atoms with Crippen molar-refractivity contribution in [2.45, 2.75) is 6.92 Å². The molecule has 0 aromatic rings. The van der Waals surface area contributed by atoms with Crippen molar-refractivity contribution in [3.63, 3.8) is 0 Å². The van der Waals surface area contributed by atoms with Crippen molar-refractivity contribution < 1.29 is 9.90 Å². The first kappa shape index (κ1) is 10.4. The van der Waals surface area contributed by atoms with E-state index in [-0.39, 0.29) is 0 Å². The summed E-state index contributed by atoms with van der Waals surface area (Å²) in [7, 11) is 0. The lowest BCUT2D eigenvalue weighted by atomic mass is 10.3. The molecule has 0 aliphatic heterocycles. The summed E-state index contributed by atoms with van der Waals surface area (Å²) in [6.07, 6.45) is 7.20. The average Bonchev–Trinajstić information content (AvgIpc) is 2.01. The van der Waals surface area contributed by atoms with E-state index >= 15 is 0 Å². The number of aliphatic carboxylic acids is 1. The molecule has 0 aliphatic carbocycles. The second kappa shape index (κ2) is 6.09. The lowest BCUT2D eigenvalue weighted by Gasteiger charge is -1.88. The van der Waals surface area contributed by atoms with Crippen molar-refractivity contribution in [1.29, 1.82) is 0 Å². The van der Waals surface area contributed by atoms with Gasteiger partial charge >= 0.3 is 5.97 Å². The Hall–Kier alpha value is -1.64. The Morgan fingerprint density at radius 2 is 2.17 bits per heavy atom. The summed E-state index contributed by atoms with van der Waals surface area (Å²) < 4.78 is 0. The molecule has 0 atom stereocenters. The summed E-state index contributed by atoms with van der Waals surface area (Å²) in [6, 6.07) is 0. The summed E-state index contributed by atoms with van der Waals surface area (Å²) in [6.45, 7) is 5.23. The van der Waals surface area contributed by atoms with E-state index in [2.05, 4.69) is 11.6 Å². The first-order chi connectivity index (χ1) is 5.70. The molecule has 3 heteroatoms. The molecule has 0 radical (unpaired) electrons. The molecule has 3 nitrogen and oxygen atoms in total. The lowest BCUT2D eigenvalue weighted by Crippen LogP contribution is -1.86. The van der Waals surface area contributed by atoms with Crippen molar-refractivity contribution in [2.75, 3.05) is 0 Å². The quantitative estimate of drug-likeness (QED) is 0.392. The second-order valence-electron chi connectivity index (χ2n) is 1.89. The molecule has 12 heavy (non-hydrogen) atoms. The van der Waals surface area contributed by atoms with Crippen LogP contribution in [0, 0.1) is 0 Å². The molecular weight excluding hydrogens is 154 g/mol. The number of carboxylic acid groups (broad SMARTS) is 1. The Bertz CT molecular complexity index is 249. The van der Waals surface area contributed by atoms with Crippen LogP contribution in [0.4, 0.5) is 0 Å². The molecule has 0 bridgehead atoms. The SMILES string of the molecule is C=C/C=C(/C=C/C(=O)O)\N=C/C. The van der Waals surface area contributed by atoms with Crippen LogP contribution in [0.2, 0.25) is 0 Å². The average molecular weight is 165 g/mol. The largest absolute Gasteiger partial charge is 0.478 e. The molecule has 0 unspecified atom stereocenters. The highest BCUT2D eigenvalue weighted by Gasteiger charge is 1.87. The number of rotatable bonds is 4. The predicted octanol–water partition coefficient (Wildman–Crippen LogP) is 1.79. The fourth-order valence-corrected chi connectivity index (χ4v) is 0.568. The number of nitrogens with zero attached hydrogens (tertiary/aromatic N) is 1. The van der Waals surface area contributed by atoms with Crippen LogP contribution in [-0.4, -0.2) is 17.3 Å². The minimum atomic E-state index is -0.990. The summed E-state index contributed by atoms with van der Waals surface area (Å²) in [5, 5.41) is 8.31. The third-order valence-electron chi connectivity index (χ3n) is 0.963. The number of hydrogen-bond acceptors (Lipinski definition) is 2. The van der Waals surface area contributed by atoms with Gasteiger partial charge in [0.05, 0.1) is 5.70 Å². The summed E-state index contributed by atoms with van der Waals surface area (Å²) >= 11 is 0. The topological polar surface area (TPSA) is 49.7 Å². The van der Waals surface area contributed by atoms with Crippen LogP contribution in [-0.2, 0) is 4.79 Å². The molecule has 0 saturated carbocycles. The summed E-state index contributed by atoms with van der Waals surface area (Å²) in [5.41, 5.74) is 0.565. The van der Waals surface area contributed by atoms with Crippen LogP contribution in [0.5, 0.6) is 0 Å². The number of allylic oxidation sites excluding steroid dienone is 3. The third kappa shape index (κ3) is 5.17. The van der Waals surface area contributed by atoms with Gasteiger partial charge in [0.25, 0.3) is 0 Å². The molecule has 0 saturated heterocycles. The highest BCUT2D eigenvalue weighted by atomic mass is 16.4. The fourth-order valence-electron chi connectivity index (χ4n) is 0.568. The minimum absolute atomic E-state index is 0.565. The Morgan fingerprint density at radius 1 is 1.50 bits per heavy atom. The van der Waals surface area contributed by atoms with Crippen molar-refractivity contribution in [3.8, 4) is 0 Å². The van der Waals surface area contributed by atoms with Gasteiger partial charge < -0.3 is 5.11 Å². The Labute approximate surface area is 71.4 Å². The smallest absolute Gasteiger partial charge is 0.328 e. The highest BCUT2D eigenvalue weighted by Crippen LogP contribution is 1.98. The summed E-state index contributed by atoms with van der Waals surface area (Å²) in [5.74, 6) is -0.990. The molecule has 0 aliphatic rings. The number of carbonyl (C=O) groups is 1. The van der Waals surface area contributed by atoms with Crippen LogP contribution in [0.1, 0.15) is 6.92 Å². The molecule has 0 spiro atoms. The fraction of sp³-hybridized carbons (Fsp3) is 0.111. The number of hydrogen-bond donors (Lipinski definition) is 1. The maximum Gasteiger partial charge on any atom is 0.328 e. The first-order valence-corrected chi connectivity index (χ1v) is 3.43. The molecule has 0 rings (SSSR count). The lowest BCUT2D eigenvalue weighted by molar-refractivity contribution is -0.131. The van der Waals surface area contributed by atoms with Gasteiger partial charge in [0.2, 0.25) is 0 Å². The van der Waals surface area contributed by atoms with E-state index in [0.717, 1.165) is 6.08 Å². The molecule has 64 valence electrons. The van der Waals surface area contributed by atoms with Gasteiger partial charge in [-0.05, 0) is 19.1 Å². The van der Waals surface area contributed by atoms with Gasteiger partial charge in [0.15, 0.2) is 0 Å². The standard InChI is InChI=1S/C9H11NO2/c1-3-5-8(10-4-2)6-7-9(11)12/h3-7H,1H2,2H3,(H,11,12)/b7-6+,8-5-,10-4-. The van der Waals surface area contributed by atoms with E-state index in [9.17, 15) is 4.79 Å². The molecule has 0 fully saturated rings. The molecule has 0 amide bonds. The van der Waals surface area contributed by atoms with Crippen molar-refractivity contribution >= 4 is 12.2 Å². The van der Waals surface area contributed by atoms with Gasteiger partial charge in [-0.2, -0.15) is 0 Å². The zero-order valence-corrected chi connectivity index (χ0v) is 6.90. The van der Waals surface area contributed by atoms with E-state index in [1.54, 1.807) is 25.3 Å². The number of aliphatic imine (C=N–C) groups is 1. The van der Waals surface area contributed by atoms with Crippen LogP contribution in [0.15, 0.2) is 41.6 Å². The Balaban J connectivity index is 4.43. The van der Waals surface area contributed by atoms with E-state index in [1.807, 2.05) is 0 Å². The first-order valence-electron chi connectivity index (χ1n) is 3.43. The van der Waals surface area contributed by atoms with Crippen LogP contribution >= 0.6 is 0 Å². The van der Waals surface area contributed by atoms with Gasteiger partial charge in [0.1, 0.15) is 0 Å². The van der Waals surface area contributed by atoms with Crippen molar-refractivity contribution in [2.24, 2.45) is 4.99 Å². The third-order valence-corrected chi connectivity index (χ3v) is 0.963. The van der Waals surface area contributed by atoms with Gasteiger partial charge in [-0.3, -0.25) is 4.99 Å².